The molecule has 34 heavy (non-hydrogen) atoms. The molecule has 0 aliphatic carbocycles. The molecule has 0 spiro atoms. The zero-order valence-electron chi connectivity index (χ0n) is 19.3. The third-order valence-corrected chi connectivity index (χ3v) is 7.31. The van der Waals surface area contributed by atoms with Gasteiger partial charge in [0.25, 0.3) is 5.56 Å². The molecule has 0 amide bonds. The highest BCUT2D eigenvalue weighted by Crippen LogP contribution is 2.23. The molecule has 4 heterocycles. The maximum atomic E-state index is 13.5. The Morgan fingerprint density at radius 3 is 2.94 bits per heavy atom. The molecule has 4 aromatic rings. The Labute approximate surface area is 197 Å². The number of tetrazole rings is 1. The molecule has 6 rings (SSSR count). The number of quaternary nitrogens is 1. The van der Waals surface area contributed by atoms with E-state index in [1.54, 1.807) is 0 Å². The van der Waals surface area contributed by atoms with Gasteiger partial charge in [-0.15, -0.1) is 5.10 Å². The van der Waals surface area contributed by atoms with Crippen LogP contribution < -0.4 is 10.5 Å². The summed E-state index contributed by atoms with van der Waals surface area (Å²) in [6.45, 7) is 5.12. The van der Waals surface area contributed by atoms with Crippen LogP contribution >= 0.6 is 0 Å². The lowest BCUT2D eigenvalue weighted by Crippen LogP contribution is -3.12. The highest BCUT2D eigenvalue weighted by Gasteiger charge is 2.36. The van der Waals surface area contributed by atoms with Crippen LogP contribution in [0, 0.1) is 6.92 Å². The second kappa shape index (κ2) is 8.77. The Kier molecular flexibility index (Phi) is 5.47. The van der Waals surface area contributed by atoms with Crippen LogP contribution in [0.2, 0.25) is 0 Å². The number of benzene rings is 2. The average molecular weight is 458 g/mol. The minimum atomic E-state index is -0.279. The normalized spacial score (nSPS) is 21.0. The molecule has 0 radical (unpaired) electrons. The number of nitrogens with zero attached hydrogens (tertiary/aromatic N) is 4. The van der Waals surface area contributed by atoms with Gasteiger partial charge in [-0.1, -0.05) is 42.5 Å². The molecule has 8 heteroatoms. The molecule has 2 aromatic carbocycles. The molecule has 174 valence electrons. The first kappa shape index (κ1) is 21.2. The van der Waals surface area contributed by atoms with Crippen LogP contribution in [0.3, 0.4) is 0 Å². The highest BCUT2D eigenvalue weighted by molar-refractivity contribution is 5.82. The van der Waals surface area contributed by atoms with E-state index in [4.69, 9.17) is 4.74 Å². The fourth-order valence-corrected chi connectivity index (χ4v) is 5.53. The van der Waals surface area contributed by atoms with Crippen LogP contribution in [0.25, 0.3) is 10.9 Å². The highest BCUT2D eigenvalue weighted by atomic mass is 16.5. The fourth-order valence-electron chi connectivity index (χ4n) is 5.53. The number of nitrogens with one attached hydrogen (secondary N) is 2. The van der Waals surface area contributed by atoms with Gasteiger partial charge in [0.05, 0.1) is 30.3 Å². The minimum absolute atomic E-state index is 0.0789. The van der Waals surface area contributed by atoms with Crippen molar-refractivity contribution in [1.82, 2.24) is 25.2 Å². The van der Waals surface area contributed by atoms with E-state index in [1.807, 2.05) is 29.8 Å². The molecule has 2 aromatic heterocycles. The monoisotopic (exact) mass is 457 g/mol. The number of hydrogen-bond donors (Lipinski definition) is 2. The maximum Gasteiger partial charge on any atom is 0.258 e. The fraction of sp³-hybridized carbons (Fsp3) is 0.385. The lowest BCUT2D eigenvalue weighted by Gasteiger charge is -2.32. The topological polar surface area (TPSA) is 90.1 Å². The van der Waals surface area contributed by atoms with Gasteiger partial charge in [0.1, 0.15) is 6.54 Å². The van der Waals surface area contributed by atoms with Gasteiger partial charge in [-0.25, -0.2) is 4.68 Å². The first-order valence-electron chi connectivity index (χ1n) is 12.1. The van der Waals surface area contributed by atoms with Crippen LogP contribution in [0.1, 0.15) is 47.0 Å². The van der Waals surface area contributed by atoms with Crippen molar-refractivity contribution in [3.05, 3.63) is 87.0 Å². The van der Waals surface area contributed by atoms with E-state index in [2.05, 4.69) is 50.8 Å². The van der Waals surface area contributed by atoms with E-state index >= 15 is 0 Å². The largest absolute Gasteiger partial charge is 0.376 e. The first-order chi connectivity index (χ1) is 16.7. The standard InChI is InChI=1S/C26H28N6O2/c1-17-6-4-9-19-14-22(26(33)27-23(17)19)24(31-12-11-18-7-2-3-8-20(18)15-31)25-28-29-30-32(25)16-21-10-5-13-34-21/h2-4,6-9,14,21,24H,5,10-13,15-16H2,1H3,(H,27,33)/p+1/t21-,24+/m1/s1. The predicted octanol–water partition coefficient (Wildman–Crippen LogP) is 1.73. The van der Waals surface area contributed by atoms with Crippen molar-refractivity contribution in [1.29, 1.82) is 0 Å². The van der Waals surface area contributed by atoms with Crippen LogP contribution in [0.15, 0.2) is 53.3 Å². The van der Waals surface area contributed by atoms with Gasteiger partial charge in [0.2, 0.25) is 5.82 Å². The zero-order valence-corrected chi connectivity index (χ0v) is 19.3. The van der Waals surface area contributed by atoms with Crippen molar-refractivity contribution in [2.24, 2.45) is 0 Å². The third kappa shape index (κ3) is 3.82. The quantitative estimate of drug-likeness (QED) is 0.477. The van der Waals surface area contributed by atoms with E-state index in [-0.39, 0.29) is 17.7 Å². The number of ether oxygens (including phenoxy) is 1. The molecular formula is C26H29N6O2+. The SMILES string of the molecule is Cc1cccc2cc([C@@H](c3nnnn3C[C@H]3CCCO3)[NH+]3CCc4ccccc4C3)c(=O)[nH]c12. The Morgan fingerprint density at radius 1 is 1.21 bits per heavy atom. The number of fused-ring (bicyclic) bond motifs is 2. The summed E-state index contributed by atoms with van der Waals surface area (Å²) in [5, 5.41) is 13.9. The molecular weight excluding hydrogens is 428 g/mol. The van der Waals surface area contributed by atoms with Crippen molar-refractivity contribution in [3.63, 3.8) is 0 Å². The number of pyridine rings is 1. The smallest absolute Gasteiger partial charge is 0.258 e. The molecule has 2 N–H and O–H groups in total. The summed E-state index contributed by atoms with van der Waals surface area (Å²) in [5.41, 5.74) is 5.26. The summed E-state index contributed by atoms with van der Waals surface area (Å²) in [6, 6.07) is 16.4. The van der Waals surface area contributed by atoms with E-state index in [9.17, 15) is 4.79 Å². The number of aromatic amines is 1. The molecule has 1 fully saturated rings. The van der Waals surface area contributed by atoms with Crippen molar-refractivity contribution < 1.29 is 9.64 Å². The summed E-state index contributed by atoms with van der Waals surface area (Å²) in [6.07, 6.45) is 3.13. The van der Waals surface area contributed by atoms with Gasteiger partial charge in [0, 0.05) is 18.6 Å². The summed E-state index contributed by atoms with van der Waals surface area (Å²) in [4.78, 5) is 17.9. The van der Waals surface area contributed by atoms with Crippen LogP contribution in [-0.4, -0.2) is 44.4 Å². The van der Waals surface area contributed by atoms with Crippen molar-refractivity contribution in [2.45, 2.75) is 51.4 Å². The first-order valence-corrected chi connectivity index (χ1v) is 12.1. The van der Waals surface area contributed by atoms with Gasteiger partial charge in [-0.2, -0.15) is 0 Å². The second-order valence-corrected chi connectivity index (χ2v) is 9.48. The van der Waals surface area contributed by atoms with E-state index in [1.165, 1.54) is 16.0 Å². The molecule has 1 unspecified atom stereocenters. The minimum Gasteiger partial charge on any atom is -0.376 e. The lowest BCUT2D eigenvalue weighted by molar-refractivity contribution is -0.942. The van der Waals surface area contributed by atoms with Crippen LogP contribution in [0.5, 0.6) is 0 Å². The van der Waals surface area contributed by atoms with Crippen molar-refractivity contribution in [3.8, 4) is 0 Å². The second-order valence-electron chi connectivity index (χ2n) is 9.48. The summed E-state index contributed by atoms with van der Waals surface area (Å²) in [5.74, 6) is 0.724. The van der Waals surface area contributed by atoms with Gasteiger partial charge in [-0.05, 0) is 52.8 Å². The molecule has 2 aliphatic heterocycles. The predicted molar refractivity (Wildman–Crippen MR) is 128 cm³/mol. The van der Waals surface area contributed by atoms with Gasteiger partial charge < -0.3 is 14.6 Å². The Bertz CT molecular complexity index is 1390. The van der Waals surface area contributed by atoms with E-state index < -0.39 is 0 Å². The van der Waals surface area contributed by atoms with E-state index in [0.717, 1.165) is 61.2 Å². The summed E-state index contributed by atoms with van der Waals surface area (Å²) in [7, 11) is 0. The Morgan fingerprint density at radius 2 is 2.09 bits per heavy atom. The average Bonchev–Trinajstić information content (AvgIpc) is 3.53. The molecule has 0 saturated carbocycles. The molecule has 3 atom stereocenters. The van der Waals surface area contributed by atoms with Gasteiger partial charge >= 0.3 is 0 Å². The lowest BCUT2D eigenvalue weighted by atomic mass is 9.95. The van der Waals surface area contributed by atoms with Crippen LogP contribution in [-0.2, 0) is 24.2 Å². The molecule has 8 nitrogen and oxygen atoms in total. The number of rotatable bonds is 5. The Hall–Kier alpha value is -3.36. The van der Waals surface area contributed by atoms with Crippen molar-refractivity contribution in [2.75, 3.05) is 13.2 Å². The van der Waals surface area contributed by atoms with Crippen molar-refractivity contribution >= 4 is 10.9 Å². The zero-order chi connectivity index (χ0) is 23.1. The molecule has 2 aliphatic rings. The van der Waals surface area contributed by atoms with Gasteiger partial charge in [0.15, 0.2) is 6.04 Å². The summed E-state index contributed by atoms with van der Waals surface area (Å²) >= 11 is 0. The van der Waals surface area contributed by atoms with Gasteiger partial charge in [-0.3, -0.25) is 4.79 Å². The molecule has 0 bridgehead atoms. The maximum absolute atomic E-state index is 13.5. The third-order valence-electron chi connectivity index (χ3n) is 7.31. The van der Waals surface area contributed by atoms with Crippen LogP contribution in [0.4, 0.5) is 0 Å². The Balaban J connectivity index is 1.47. The number of aromatic nitrogens is 5. The number of para-hydroxylation sites is 1. The molecule has 1 saturated heterocycles. The number of hydrogen-bond acceptors (Lipinski definition) is 5. The number of H-pyrrole nitrogens is 1. The number of aryl methyl sites for hydroxylation is 1. The summed E-state index contributed by atoms with van der Waals surface area (Å²) < 4.78 is 7.72. The van der Waals surface area contributed by atoms with E-state index in [0.29, 0.717) is 12.1 Å².